The van der Waals surface area contributed by atoms with Crippen LogP contribution in [0.1, 0.15) is 19.3 Å². The summed E-state index contributed by atoms with van der Waals surface area (Å²) >= 11 is 0. The molecule has 1 saturated heterocycles. The molecule has 15 heavy (non-hydrogen) atoms. The number of hydrogen-bond donors (Lipinski definition) is 2. The van der Waals surface area contributed by atoms with Gasteiger partial charge < -0.3 is 11.1 Å². The van der Waals surface area contributed by atoms with E-state index in [9.17, 15) is 9.59 Å². The molecule has 80 valence electrons. The number of nitrogens with two attached hydrogens (primary N) is 1. The minimum Gasteiger partial charge on any atom is -0.369 e. The first-order valence-electron chi connectivity index (χ1n) is 4.66. The Morgan fingerprint density at radius 1 is 1.60 bits per heavy atom. The minimum absolute atomic E-state index is 0.124. The Morgan fingerprint density at radius 2 is 2.33 bits per heavy atom. The zero-order chi connectivity index (χ0) is 11.3. The number of nitrogens with one attached hydrogen (secondary N) is 1. The molecule has 0 aromatic rings. The van der Waals surface area contributed by atoms with Crippen LogP contribution in [0.2, 0.25) is 0 Å². The van der Waals surface area contributed by atoms with E-state index in [1.54, 1.807) is 6.07 Å². The summed E-state index contributed by atoms with van der Waals surface area (Å²) in [6, 6.07) is 1.37. The second-order valence-corrected chi connectivity index (χ2v) is 3.30. The van der Waals surface area contributed by atoms with Gasteiger partial charge in [0.15, 0.2) is 0 Å². The molecule has 0 spiro atoms. The summed E-state index contributed by atoms with van der Waals surface area (Å²) in [6.45, 7) is 0.781. The van der Waals surface area contributed by atoms with Crippen LogP contribution in [0.4, 0.5) is 0 Å². The van der Waals surface area contributed by atoms with E-state index in [-0.39, 0.29) is 18.2 Å². The fourth-order valence-electron chi connectivity index (χ4n) is 1.38. The van der Waals surface area contributed by atoms with Crippen molar-refractivity contribution in [1.82, 2.24) is 5.32 Å². The highest BCUT2D eigenvalue weighted by Crippen LogP contribution is 2.06. The third kappa shape index (κ3) is 3.48. The van der Waals surface area contributed by atoms with Gasteiger partial charge in [-0.1, -0.05) is 0 Å². The van der Waals surface area contributed by atoms with Crippen LogP contribution in [0, 0.1) is 11.3 Å². The molecule has 1 fully saturated rings. The van der Waals surface area contributed by atoms with Crippen LogP contribution in [0.25, 0.3) is 0 Å². The monoisotopic (exact) mass is 208 g/mol. The van der Waals surface area contributed by atoms with Crippen LogP contribution in [-0.4, -0.2) is 30.1 Å². The normalized spacial score (nSPS) is 21.0. The zero-order valence-corrected chi connectivity index (χ0v) is 8.19. The van der Waals surface area contributed by atoms with Crippen molar-refractivity contribution in [2.45, 2.75) is 25.3 Å². The van der Waals surface area contributed by atoms with Crippen molar-refractivity contribution < 1.29 is 9.59 Å². The first kappa shape index (κ1) is 11.3. The van der Waals surface area contributed by atoms with Gasteiger partial charge in [-0.3, -0.25) is 9.59 Å². The maximum absolute atomic E-state index is 11.4. The van der Waals surface area contributed by atoms with Gasteiger partial charge in [-0.15, -0.1) is 0 Å². The van der Waals surface area contributed by atoms with Crippen molar-refractivity contribution in [3.8, 4) is 6.07 Å². The van der Waals surface area contributed by atoms with E-state index in [1.807, 2.05) is 0 Å². The standard InChI is InChI=1S/C9H12N4O2/c10-5-6(4-8(11)14)13-9(15)7-2-1-3-12-7/h7,12H,1-4H2,(H2,11,14)/b13-6+/t7-/m0/s1. The largest absolute Gasteiger partial charge is 0.369 e. The van der Waals surface area contributed by atoms with E-state index in [2.05, 4.69) is 10.3 Å². The molecule has 1 aliphatic heterocycles. The maximum atomic E-state index is 11.4. The Kier molecular flexibility index (Phi) is 3.94. The van der Waals surface area contributed by atoms with Crippen molar-refractivity contribution in [3.63, 3.8) is 0 Å². The Labute approximate surface area is 87.2 Å². The molecule has 0 bridgehead atoms. The van der Waals surface area contributed by atoms with Crippen molar-refractivity contribution in [3.05, 3.63) is 0 Å². The van der Waals surface area contributed by atoms with Crippen molar-refractivity contribution >= 4 is 17.5 Å². The highest BCUT2D eigenvalue weighted by molar-refractivity contribution is 6.13. The molecular formula is C9H12N4O2. The number of aliphatic imine (C=N–C) groups is 1. The summed E-state index contributed by atoms with van der Waals surface area (Å²) in [5.74, 6) is -1.06. The molecule has 0 saturated carbocycles. The summed E-state index contributed by atoms with van der Waals surface area (Å²) in [4.78, 5) is 25.5. The number of nitriles is 1. The van der Waals surface area contributed by atoms with Gasteiger partial charge >= 0.3 is 0 Å². The zero-order valence-electron chi connectivity index (χ0n) is 8.19. The lowest BCUT2D eigenvalue weighted by Crippen LogP contribution is -2.30. The van der Waals surface area contributed by atoms with Crippen LogP contribution < -0.4 is 11.1 Å². The highest BCUT2D eigenvalue weighted by atomic mass is 16.2. The van der Waals surface area contributed by atoms with Gasteiger partial charge in [0.25, 0.3) is 5.91 Å². The van der Waals surface area contributed by atoms with Crippen LogP contribution in [-0.2, 0) is 9.59 Å². The van der Waals surface area contributed by atoms with Crippen molar-refractivity contribution in [2.24, 2.45) is 10.7 Å². The average Bonchev–Trinajstić information content (AvgIpc) is 2.68. The molecule has 1 rings (SSSR count). The number of amides is 2. The molecule has 3 N–H and O–H groups in total. The Balaban J connectivity index is 2.62. The Morgan fingerprint density at radius 3 is 2.80 bits per heavy atom. The van der Waals surface area contributed by atoms with E-state index in [0.717, 1.165) is 19.4 Å². The summed E-state index contributed by atoms with van der Waals surface area (Å²) in [5.41, 5.74) is 4.78. The third-order valence-corrected chi connectivity index (χ3v) is 2.07. The second kappa shape index (κ2) is 5.22. The lowest BCUT2D eigenvalue weighted by Gasteiger charge is -2.03. The van der Waals surface area contributed by atoms with Gasteiger partial charge in [-0.05, 0) is 19.4 Å². The predicted molar refractivity (Wildman–Crippen MR) is 52.9 cm³/mol. The van der Waals surface area contributed by atoms with Gasteiger partial charge in [0, 0.05) is 0 Å². The van der Waals surface area contributed by atoms with Crippen molar-refractivity contribution in [1.29, 1.82) is 5.26 Å². The van der Waals surface area contributed by atoms with Gasteiger partial charge in [-0.2, -0.15) is 5.26 Å². The smallest absolute Gasteiger partial charge is 0.263 e. The Hall–Kier alpha value is -1.74. The summed E-state index contributed by atoms with van der Waals surface area (Å²) in [7, 11) is 0. The second-order valence-electron chi connectivity index (χ2n) is 3.30. The maximum Gasteiger partial charge on any atom is 0.263 e. The molecule has 1 atom stereocenters. The summed E-state index contributed by atoms with van der Waals surface area (Å²) in [6.07, 6.45) is 1.36. The molecule has 6 nitrogen and oxygen atoms in total. The molecular weight excluding hydrogens is 196 g/mol. The quantitative estimate of drug-likeness (QED) is 0.586. The fourth-order valence-corrected chi connectivity index (χ4v) is 1.38. The van der Waals surface area contributed by atoms with Gasteiger partial charge in [0.1, 0.15) is 11.8 Å². The number of carbonyl (C=O) groups is 2. The molecule has 0 aromatic heterocycles. The predicted octanol–water partition coefficient (Wildman–Crippen LogP) is -0.895. The molecule has 1 heterocycles. The summed E-state index contributed by atoms with van der Waals surface area (Å²) in [5, 5.41) is 11.6. The van der Waals surface area contributed by atoms with Crippen LogP contribution in [0.15, 0.2) is 4.99 Å². The lowest BCUT2D eigenvalue weighted by molar-refractivity contribution is -0.119. The van der Waals surface area contributed by atoms with Crippen LogP contribution in [0.3, 0.4) is 0 Å². The number of hydrogen-bond acceptors (Lipinski definition) is 4. The lowest BCUT2D eigenvalue weighted by atomic mass is 10.2. The minimum atomic E-state index is -0.664. The summed E-state index contributed by atoms with van der Waals surface area (Å²) < 4.78 is 0. The van der Waals surface area contributed by atoms with E-state index < -0.39 is 11.8 Å². The SMILES string of the molecule is N#C/C(CC(N)=O)=N/C(=O)[C@@H]1CCCN1. The molecule has 0 aliphatic carbocycles. The van der Waals surface area contributed by atoms with E-state index in [1.165, 1.54) is 0 Å². The van der Waals surface area contributed by atoms with E-state index in [4.69, 9.17) is 11.0 Å². The number of rotatable bonds is 3. The van der Waals surface area contributed by atoms with E-state index >= 15 is 0 Å². The first-order chi connectivity index (χ1) is 7.13. The molecule has 0 radical (unpaired) electrons. The van der Waals surface area contributed by atoms with Crippen molar-refractivity contribution in [2.75, 3.05) is 6.54 Å². The Bertz CT molecular complexity index is 337. The van der Waals surface area contributed by atoms with E-state index in [0.29, 0.717) is 0 Å². The molecule has 6 heteroatoms. The van der Waals surface area contributed by atoms with Crippen LogP contribution >= 0.6 is 0 Å². The third-order valence-electron chi connectivity index (χ3n) is 2.07. The fraction of sp³-hybridized carbons (Fsp3) is 0.556. The van der Waals surface area contributed by atoms with Gasteiger partial charge in [-0.25, -0.2) is 4.99 Å². The molecule has 0 aromatic carbocycles. The average molecular weight is 208 g/mol. The van der Waals surface area contributed by atoms with Gasteiger partial charge in [0.2, 0.25) is 5.91 Å². The number of nitrogens with zero attached hydrogens (tertiary/aromatic N) is 2. The first-order valence-corrected chi connectivity index (χ1v) is 4.66. The highest BCUT2D eigenvalue weighted by Gasteiger charge is 2.22. The topological polar surface area (TPSA) is 108 Å². The molecule has 0 unspecified atom stereocenters. The van der Waals surface area contributed by atoms with Gasteiger partial charge in [0.05, 0.1) is 12.5 Å². The van der Waals surface area contributed by atoms with Crippen LogP contribution in [0.5, 0.6) is 0 Å². The molecule has 2 amide bonds. The number of primary amides is 1. The molecule has 1 aliphatic rings. The number of carbonyl (C=O) groups excluding carboxylic acids is 2.